The van der Waals surface area contributed by atoms with Crippen LogP contribution in [0.2, 0.25) is 0 Å². The zero-order valence-corrected chi connectivity index (χ0v) is 12.4. The third-order valence-corrected chi connectivity index (χ3v) is 4.61. The number of nitrogens with two attached hydrogens (primary N) is 1. The summed E-state index contributed by atoms with van der Waals surface area (Å²) in [5.74, 6) is -0.0856. The number of carbonyl (C=O) groups is 1. The molecule has 1 amide bonds. The van der Waals surface area contributed by atoms with Gasteiger partial charge in [-0.05, 0) is 47.5 Å². The van der Waals surface area contributed by atoms with Gasteiger partial charge in [0.1, 0.15) is 0 Å². The highest BCUT2D eigenvalue weighted by molar-refractivity contribution is 7.22. The molecule has 102 valence electrons. The molecule has 0 radical (unpaired) electrons. The summed E-state index contributed by atoms with van der Waals surface area (Å²) < 4.78 is 0.929. The molecule has 2 aromatic heterocycles. The Bertz CT molecular complexity index is 749. The van der Waals surface area contributed by atoms with Crippen LogP contribution in [0.25, 0.3) is 10.2 Å². The maximum atomic E-state index is 12.2. The Balaban J connectivity index is 1.81. The zero-order valence-electron chi connectivity index (χ0n) is 10.8. The lowest BCUT2D eigenvalue weighted by Gasteiger charge is -2.12. The Morgan fingerprint density at radius 3 is 3.00 bits per heavy atom. The van der Waals surface area contributed by atoms with Crippen molar-refractivity contribution in [2.45, 2.75) is 13.0 Å². The molecule has 1 unspecified atom stereocenters. The van der Waals surface area contributed by atoms with Gasteiger partial charge < -0.3 is 11.1 Å². The predicted octanol–water partition coefficient (Wildman–Crippen LogP) is 3.43. The number of carbonyl (C=O) groups excluding carboxylic acids is 1. The Kier molecular flexibility index (Phi) is 3.42. The van der Waals surface area contributed by atoms with Crippen LogP contribution in [0.15, 0.2) is 35.0 Å². The normalized spacial score (nSPS) is 12.4. The van der Waals surface area contributed by atoms with Gasteiger partial charge in [0.05, 0.1) is 16.3 Å². The van der Waals surface area contributed by atoms with E-state index >= 15 is 0 Å². The first-order chi connectivity index (χ1) is 9.63. The smallest absolute Gasteiger partial charge is 0.251 e. The summed E-state index contributed by atoms with van der Waals surface area (Å²) >= 11 is 3.01. The van der Waals surface area contributed by atoms with Crippen molar-refractivity contribution in [2.75, 3.05) is 5.73 Å². The maximum absolute atomic E-state index is 12.2. The average Bonchev–Trinajstić information content (AvgIpc) is 3.05. The van der Waals surface area contributed by atoms with E-state index < -0.39 is 0 Å². The van der Waals surface area contributed by atoms with Gasteiger partial charge in [-0.2, -0.15) is 11.3 Å². The minimum atomic E-state index is -0.0856. The molecule has 0 bridgehead atoms. The second kappa shape index (κ2) is 5.22. The summed E-state index contributed by atoms with van der Waals surface area (Å²) in [4.78, 5) is 16.4. The lowest BCUT2D eigenvalue weighted by molar-refractivity contribution is 0.0940. The van der Waals surface area contributed by atoms with Gasteiger partial charge in [0.2, 0.25) is 0 Å². The summed E-state index contributed by atoms with van der Waals surface area (Å²) in [7, 11) is 0. The van der Waals surface area contributed by atoms with Gasteiger partial charge in [-0.1, -0.05) is 11.3 Å². The van der Waals surface area contributed by atoms with Crippen LogP contribution in [-0.4, -0.2) is 10.9 Å². The van der Waals surface area contributed by atoms with Gasteiger partial charge in [0.15, 0.2) is 5.13 Å². The molecule has 20 heavy (non-hydrogen) atoms. The molecule has 0 saturated carbocycles. The van der Waals surface area contributed by atoms with E-state index in [1.807, 2.05) is 35.9 Å². The topological polar surface area (TPSA) is 68.0 Å². The van der Waals surface area contributed by atoms with Crippen LogP contribution in [0.5, 0.6) is 0 Å². The molecule has 4 nitrogen and oxygen atoms in total. The predicted molar refractivity (Wildman–Crippen MR) is 84.2 cm³/mol. The van der Waals surface area contributed by atoms with E-state index in [2.05, 4.69) is 10.3 Å². The maximum Gasteiger partial charge on any atom is 0.251 e. The van der Waals surface area contributed by atoms with Gasteiger partial charge in [-0.15, -0.1) is 0 Å². The van der Waals surface area contributed by atoms with E-state index in [0.29, 0.717) is 10.7 Å². The molecule has 0 aliphatic carbocycles. The third-order valence-electron chi connectivity index (χ3n) is 3.06. The van der Waals surface area contributed by atoms with Crippen molar-refractivity contribution in [3.05, 3.63) is 46.2 Å². The van der Waals surface area contributed by atoms with Gasteiger partial charge in [0.25, 0.3) is 5.91 Å². The van der Waals surface area contributed by atoms with Crippen molar-refractivity contribution in [3.63, 3.8) is 0 Å². The summed E-state index contributed by atoms with van der Waals surface area (Å²) in [6.07, 6.45) is 0. The molecule has 0 saturated heterocycles. The molecule has 6 heteroatoms. The molecule has 0 fully saturated rings. The number of nitrogens with one attached hydrogen (secondary N) is 1. The molecule has 3 aromatic rings. The van der Waals surface area contributed by atoms with E-state index in [0.717, 1.165) is 15.8 Å². The molecule has 0 spiro atoms. The Hall–Kier alpha value is -1.92. The number of nitrogens with zero attached hydrogens (tertiary/aromatic N) is 1. The third kappa shape index (κ3) is 2.52. The van der Waals surface area contributed by atoms with E-state index in [9.17, 15) is 4.79 Å². The number of hydrogen-bond donors (Lipinski definition) is 2. The summed E-state index contributed by atoms with van der Waals surface area (Å²) in [6.45, 7) is 1.98. The van der Waals surface area contributed by atoms with Crippen LogP contribution in [0.3, 0.4) is 0 Å². The van der Waals surface area contributed by atoms with Gasteiger partial charge in [-0.3, -0.25) is 4.79 Å². The van der Waals surface area contributed by atoms with Crippen LogP contribution in [-0.2, 0) is 0 Å². The second-order valence-corrected chi connectivity index (χ2v) is 6.33. The van der Waals surface area contributed by atoms with E-state index in [-0.39, 0.29) is 11.9 Å². The quantitative estimate of drug-likeness (QED) is 0.779. The molecule has 0 aliphatic heterocycles. The van der Waals surface area contributed by atoms with Crippen molar-refractivity contribution in [2.24, 2.45) is 0 Å². The summed E-state index contributed by atoms with van der Waals surface area (Å²) in [5.41, 5.74) is 8.24. The molecule has 3 N–H and O–H groups in total. The number of rotatable bonds is 3. The Labute approximate surface area is 124 Å². The van der Waals surface area contributed by atoms with Crippen LogP contribution in [0.4, 0.5) is 5.13 Å². The number of amides is 1. The number of thiophene rings is 1. The first-order valence-electron chi connectivity index (χ1n) is 6.12. The number of benzene rings is 1. The fourth-order valence-corrected chi connectivity index (χ4v) is 3.50. The van der Waals surface area contributed by atoms with Crippen molar-refractivity contribution in [1.29, 1.82) is 0 Å². The fraction of sp³-hybridized carbons (Fsp3) is 0.143. The molecular formula is C14H13N3OS2. The highest BCUT2D eigenvalue weighted by Crippen LogP contribution is 2.25. The fourth-order valence-electron chi connectivity index (χ4n) is 1.97. The zero-order chi connectivity index (χ0) is 14.1. The van der Waals surface area contributed by atoms with Crippen LogP contribution in [0.1, 0.15) is 28.9 Å². The number of hydrogen-bond acceptors (Lipinski definition) is 5. The molecule has 1 atom stereocenters. The Morgan fingerprint density at radius 1 is 1.40 bits per heavy atom. The summed E-state index contributed by atoms with van der Waals surface area (Å²) in [6, 6.07) is 7.45. The van der Waals surface area contributed by atoms with Gasteiger partial charge >= 0.3 is 0 Å². The number of anilines is 1. The molecule has 3 rings (SSSR count). The lowest BCUT2D eigenvalue weighted by Crippen LogP contribution is -2.26. The molecular weight excluding hydrogens is 290 g/mol. The standard InChI is InChI=1S/C14H13N3OS2/c1-8(10-4-5-19-7-10)16-13(18)9-2-3-11-12(6-9)20-14(15)17-11/h2-8H,1H3,(H2,15,17)(H,16,18). The first-order valence-corrected chi connectivity index (χ1v) is 7.88. The van der Waals surface area contributed by atoms with Crippen molar-refractivity contribution in [1.82, 2.24) is 10.3 Å². The molecule has 2 heterocycles. The highest BCUT2D eigenvalue weighted by atomic mass is 32.1. The van der Waals surface area contributed by atoms with Crippen molar-refractivity contribution >= 4 is 43.9 Å². The molecule has 1 aromatic carbocycles. The van der Waals surface area contributed by atoms with Gasteiger partial charge in [-0.25, -0.2) is 4.98 Å². The lowest BCUT2D eigenvalue weighted by atomic mass is 10.1. The van der Waals surface area contributed by atoms with Crippen molar-refractivity contribution in [3.8, 4) is 0 Å². The largest absolute Gasteiger partial charge is 0.375 e. The van der Waals surface area contributed by atoms with E-state index in [4.69, 9.17) is 5.73 Å². The number of aromatic nitrogens is 1. The monoisotopic (exact) mass is 303 g/mol. The minimum Gasteiger partial charge on any atom is -0.375 e. The summed E-state index contributed by atoms with van der Waals surface area (Å²) in [5, 5.41) is 7.55. The van der Waals surface area contributed by atoms with Crippen LogP contribution in [0, 0.1) is 0 Å². The first kappa shape index (κ1) is 13.1. The number of nitrogen functional groups attached to an aromatic ring is 1. The van der Waals surface area contributed by atoms with E-state index in [1.54, 1.807) is 17.4 Å². The van der Waals surface area contributed by atoms with Crippen molar-refractivity contribution < 1.29 is 4.79 Å². The van der Waals surface area contributed by atoms with Gasteiger partial charge in [0, 0.05) is 5.56 Å². The number of fused-ring (bicyclic) bond motifs is 1. The SMILES string of the molecule is CC(NC(=O)c1ccc2nc(N)sc2c1)c1ccsc1. The number of thiazole rings is 1. The second-order valence-electron chi connectivity index (χ2n) is 4.49. The Morgan fingerprint density at radius 2 is 2.25 bits per heavy atom. The minimum absolute atomic E-state index is 0.00372. The molecule has 0 aliphatic rings. The van der Waals surface area contributed by atoms with Crippen LogP contribution >= 0.6 is 22.7 Å². The van der Waals surface area contributed by atoms with Crippen LogP contribution < -0.4 is 11.1 Å². The average molecular weight is 303 g/mol. The van der Waals surface area contributed by atoms with E-state index in [1.165, 1.54) is 11.3 Å². The highest BCUT2D eigenvalue weighted by Gasteiger charge is 2.13.